The highest BCUT2D eigenvalue weighted by Crippen LogP contribution is 2.42. The third kappa shape index (κ3) is 1.67. The SMILES string of the molecule is CC1(c2cnc(C3CCNCC3)[nH]2)CCC1. The highest BCUT2D eigenvalue weighted by molar-refractivity contribution is 5.19. The second-order valence-electron chi connectivity index (χ2n) is 5.62. The van der Waals surface area contributed by atoms with Gasteiger partial charge in [-0.25, -0.2) is 4.98 Å². The molecule has 3 heteroatoms. The molecule has 88 valence electrons. The van der Waals surface area contributed by atoms with E-state index in [1.807, 2.05) is 0 Å². The number of nitrogens with one attached hydrogen (secondary N) is 2. The van der Waals surface area contributed by atoms with Gasteiger partial charge in [0.2, 0.25) is 0 Å². The van der Waals surface area contributed by atoms with Crippen molar-refractivity contribution in [3.05, 3.63) is 17.7 Å². The summed E-state index contributed by atoms with van der Waals surface area (Å²) in [6.45, 7) is 4.63. The van der Waals surface area contributed by atoms with Crippen molar-refractivity contribution in [3.63, 3.8) is 0 Å². The fourth-order valence-corrected chi connectivity index (χ4v) is 2.92. The molecule has 0 unspecified atom stereocenters. The van der Waals surface area contributed by atoms with E-state index in [0.717, 1.165) is 13.1 Å². The number of imidazole rings is 1. The molecule has 2 aliphatic rings. The summed E-state index contributed by atoms with van der Waals surface area (Å²) in [4.78, 5) is 8.19. The molecule has 16 heavy (non-hydrogen) atoms. The predicted molar refractivity (Wildman–Crippen MR) is 64.6 cm³/mol. The fraction of sp³-hybridized carbons (Fsp3) is 0.769. The van der Waals surface area contributed by atoms with E-state index in [1.165, 1.54) is 43.6 Å². The molecule has 0 amide bonds. The van der Waals surface area contributed by atoms with Crippen LogP contribution in [0.4, 0.5) is 0 Å². The van der Waals surface area contributed by atoms with Crippen LogP contribution in [0, 0.1) is 0 Å². The molecule has 0 spiro atoms. The van der Waals surface area contributed by atoms with E-state index in [-0.39, 0.29) is 0 Å². The van der Waals surface area contributed by atoms with Crippen LogP contribution in [0.1, 0.15) is 56.5 Å². The molecule has 1 aromatic heterocycles. The van der Waals surface area contributed by atoms with Crippen molar-refractivity contribution in [1.82, 2.24) is 15.3 Å². The van der Waals surface area contributed by atoms with Gasteiger partial charge in [-0.2, -0.15) is 0 Å². The zero-order chi connectivity index (χ0) is 11.0. The Balaban J connectivity index is 1.76. The predicted octanol–water partition coefficient (Wildman–Crippen LogP) is 2.32. The van der Waals surface area contributed by atoms with Crippen LogP contribution in [0.25, 0.3) is 0 Å². The maximum atomic E-state index is 4.60. The minimum absolute atomic E-state index is 0.401. The second kappa shape index (κ2) is 3.88. The van der Waals surface area contributed by atoms with E-state index >= 15 is 0 Å². The zero-order valence-corrected chi connectivity index (χ0v) is 10.1. The molecular weight excluding hydrogens is 198 g/mol. The first kappa shape index (κ1) is 10.3. The Morgan fingerprint density at radius 2 is 2.06 bits per heavy atom. The molecule has 1 saturated heterocycles. The van der Waals surface area contributed by atoms with E-state index < -0.39 is 0 Å². The summed E-state index contributed by atoms with van der Waals surface area (Å²) in [5.74, 6) is 1.88. The Morgan fingerprint density at radius 3 is 2.69 bits per heavy atom. The molecule has 2 heterocycles. The van der Waals surface area contributed by atoms with E-state index in [1.54, 1.807) is 0 Å². The van der Waals surface area contributed by atoms with Gasteiger partial charge < -0.3 is 10.3 Å². The van der Waals surface area contributed by atoms with E-state index in [2.05, 4.69) is 28.4 Å². The van der Waals surface area contributed by atoms with E-state index in [0.29, 0.717) is 11.3 Å². The van der Waals surface area contributed by atoms with Gasteiger partial charge in [-0.1, -0.05) is 13.3 Å². The van der Waals surface area contributed by atoms with Crippen LogP contribution in [0.5, 0.6) is 0 Å². The Bertz CT molecular complexity index is 359. The van der Waals surface area contributed by atoms with Crippen LogP contribution in [0.2, 0.25) is 0 Å². The van der Waals surface area contributed by atoms with Crippen LogP contribution < -0.4 is 5.32 Å². The smallest absolute Gasteiger partial charge is 0.109 e. The molecule has 0 aromatic carbocycles. The molecule has 2 fully saturated rings. The number of piperidine rings is 1. The van der Waals surface area contributed by atoms with E-state index in [4.69, 9.17) is 0 Å². The quantitative estimate of drug-likeness (QED) is 0.801. The third-order valence-electron chi connectivity index (χ3n) is 4.43. The van der Waals surface area contributed by atoms with Gasteiger partial charge in [-0.15, -0.1) is 0 Å². The molecule has 0 bridgehead atoms. The van der Waals surface area contributed by atoms with E-state index in [9.17, 15) is 0 Å². The lowest BCUT2D eigenvalue weighted by Gasteiger charge is -2.37. The van der Waals surface area contributed by atoms with Gasteiger partial charge in [-0.3, -0.25) is 0 Å². The van der Waals surface area contributed by atoms with Crippen molar-refractivity contribution in [2.45, 2.75) is 50.4 Å². The Hall–Kier alpha value is -0.830. The summed E-state index contributed by atoms with van der Waals surface area (Å²) >= 11 is 0. The standard InChI is InChI=1S/C13H21N3/c1-13(5-2-6-13)11-9-15-12(16-11)10-3-7-14-8-4-10/h9-10,14H,2-8H2,1H3,(H,15,16). The lowest BCUT2D eigenvalue weighted by molar-refractivity contribution is 0.265. The minimum Gasteiger partial charge on any atom is -0.345 e. The van der Waals surface area contributed by atoms with Gasteiger partial charge in [0.1, 0.15) is 5.82 Å². The number of aromatic amines is 1. The fourth-order valence-electron chi connectivity index (χ4n) is 2.92. The van der Waals surface area contributed by atoms with Gasteiger partial charge in [0.15, 0.2) is 0 Å². The summed E-state index contributed by atoms with van der Waals surface area (Å²) < 4.78 is 0. The van der Waals surface area contributed by atoms with Crippen LogP contribution in [0.15, 0.2) is 6.20 Å². The number of H-pyrrole nitrogens is 1. The number of hydrogen-bond acceptors (Lipinski definition) is 2. The molecule has 2 N–H and O–H groups in total. The molecule has 0 radical (unpaired) electrons. The summed E-state index contributed by atoms with van der Waals surface area (Å²) in [7, 11) is 0. The van der Waals surface area contributed by atoms with Crippen molar-refractivity contribution in [3.8, 4) is 0 Å². The van der Waals surface area contributed by atoms with Crippen LogP contribution in [0.3, 0.4) is 0 Å². The van der Waals surface area contributed by atoms with Crippen molar-refractivity contribution < 1.29 is 0 Å². The van der Waals surface area contributed by atoms with Gasteiger partial charge in [-0.05, 0) is 38.8 Å². The summed E-state index contributed by atoms with van der Waals surface area (Å²) in [6, 6.07) is 0. The second-order valence-corrected chi connectivity index (χ2v) is 5.62. The largest absolute Gasteiger partial charge is 0.345 e. The van der Waals surface area contributed by atoms with Gasteiger partial charge >= 0.3 is 0 Å². The monoisotopic (exact) mass is 219 g/mol. The summed E-state index contributed by atoms with van der Waals surface area (Å²) in [5, 5.41) is 3.40. The lowest BCUT2D eigenvalue weighted by atomic mass is 9.68. The molecule has 1 aromatic rings. The number of aromatic nitrogens is 2. The Kier molecular flexibility index (Phi) is 2.51. The Morgan fingerprint density at radius 1 is 1.31 bits per heavy atom. The minimum atomic E-state index is 0.401. The molecule has 0 atom stereocenters. The maximum Gasteiger partial charge on any atom is 0.109 e. The van der Waals surface area contributed by atoms with Crippen molar-refractivity contribution in [1.29, 1.82) is 0 Å². The van der Waals surface area contributed by atoms with Crippen LogP contribution in [-0.2, 0) is 5.41 Å². The first-order chi connectivity index (χ1) is 7.78. The molecule has 3 nitrogen and oxygen atoms in total. The topological polar surface area (TPSA) is 40.7 Å². The summed E-state index contributed by atoms with van der Waals surface area (Å²) in [5.41, 5.74) is 1.77. The molecule has 1 saturated carbocycles. The van der Waals surface area contributed by atoms with Gasteiger partial charge in [0, 0.05) is 23.2 Å². The lowest BCUT2D eigenvalue weighted by Crippen LogP contribution is -2.31. The van der Waals surface area contributed by atoms with Crippen molar-refractivity contribution in [2.24, 2.45) is 0 Å². The average molecular weight is 219 g/mol. The van der Waals surface area contributed by atoms with Crippen LogP contribution >= 0.6 is 0 Å². The number of hydrogen-bond donors (Lipinski definition) is 2. The molecule has 3 rings (SSSR count). The van der Waals surface area contributed by atoms with Gasteiger partial charge in [0.05, 0.1) is 0 Å². The highest BCUT2D eigenvalue weighted by atomic mass is 15.0. The zero-order valence-electron chi connectivity index (χ0n) is 10.1. The molecule has 1 aliphatic heterocycles. The van der Waals surface area contributed by atoms with Crippen LogP contribution in [-0.4, -0.2) is 23.1 Å². The normalized spacial score (nSPS) is 25.3. The number of rotatable bonds is 2. The number of nitrogens with zero attached hydrogens (tertiary/aromatic N) is 1. The third-order valence-corrected chi connectivity index (χ3v) is 4.43. The van der Waals surface area contributed by atoms with Gasteiger partial charge in [0.25, 0.3) is 0 Å². The summed E-state index contributed by atoms with van der Waals surface area (Å²) in [6.07, 6.45) is 8.55. The molecule has 1 aliphatic carbocycles. The first-order valence-corrected chi connectivity index (χ1v) is 6.54. The first-order valence-electron chi connectivity index (χ1n) is 6.54. The van der Waals surface area contributed by atoms with Crippen molar-refractivity contribution in [2.75, 3.05) is 13.1 Å². The molecular formula is C13H21N3. The average Bonchev–Trinajstić information content (AvgIpc) is 2.77. The van der Waals surface area contributed by atoms with Crippen molar-refractivity contribution >= 4 is 0 Å². The highest BCUT2D eigenvalue weighted by Gasteiger charge is 2.35. The maximum absolute atomic E-state index is 4.60. The Labute approximate surface area is 97.0 Å².